The van der Waals surface area contributed by atoms with Crippen molar-refractivity contribution in [2.75, 3.05) is 7.11 Å². The third kappa shape index (κ3) is 5.46. The van der Waals surface area contributed by atoms with Gasteiger partial charge in [-0.25, -0.2) is 0 Å². The Morgan fingerprint density at radius 2 is 1.55 bits per heavy atom. The molecule has 1 N–H and O–H groups in total. The third-order valence-electron chi connectivity index (χ3n) is 4.96. The summed E-state index contributed by atoms with van der Waals surface area (Å²) >= 11 is 6.39. The lowest BCUT2D eigenvalue weighted by molar-refractivity contribution is -0.274. The number of nitrogens with zero attached hydrogens (tertiary/aromatic N) is 1. The van der Waals surface area contributed by atoms with Crippen molar-refractivity contribution in [3.63, 3.8) is 0 Å². The summed E-state index contributed by atoms with van der Waals surface area (Å²) < 4.78 is 53.4. The number of methoxy groups -OCH3 is 1. The normalized spacial score (nSPS) is 11.5. The van der Waals surface area contributed by atoms with Crippen molar-refractivity contribution in [2.45, 2.75) is 19.5 Å². The second-order valence-electron chi connectivity index (χ2n) is 7.28. The van der Waals surface area contributed by atoms with E-state index in [4.69, 9.17) is 21.1 Å². The van der Waals surface area contributed by atoms with E-state index in [-0.39, 0.29) is 18.2 Å². The number of fused-ring (bicyclic) bond motifs is 1. The molecule has 1 heterocycles. The predicted octanol–water partition coefficient (Wildman–Crippen LogP) is 6.53. The van der Waals surface area contributed by atoms with Crippen LogP contribution in [0.5, 0.6) is 23.1 Å². The van der Waals surface area contributed by atoms with Crippen molar-refractivity contribution in [1.82, 2.24) is 4.57 Å². The fraction of sp³-hybridized carbons (Fsp3) is 0.167. The summed E-state index contributed by atoms with van der Waals surface area (Å²) in [5, 5.41) is 12.1. The van der Waals surface area contributed by atoms with Crippen LogP contribution in [0, 0.1) is 0 Å². The molecular weight excluding hydrogens is 459 g/mol. The van der Waals surface area contributed by atoms with E-state index in [1.54, 1.807) is 30.0 Å². The number of halogens is 4. The molecule has 0 saturated carbocycles. The summed E-state index contributed by atoms with van der Waals surface area (Å²) in [4.78, 5) is 0. The van der Waals surface area contributed by atoms with Gasteiger partial charge in [-0.2, -0.15) is 0 Å². The highest BCUT2D eigenvalue weighted by atomic mass is 35.5. The lowest BCUT2D eigenvalue weighted by Crippen LogP contribution is -2.17. The van der Waals surface area contributed by atoms with Gasteiger partial charge in [-0.1, -0.05) is 35.9 Å². The maximum atomic E-state index is 12.3. The quantitative estimate of drug-likeness (QED) is 0.328. The molecule has 9 heteroatoms. The minimum atomic E-state index is -4.75. The first kappa shape index (κ1) is 22.7. The van der Waals surface area contributed by atoms with Crippen molar-refractivity contribution in [1.29, 1.82) is 0 Å². The van der Waals surface area contributed by atoms with Gasteiger partial charge in [0.25, 0.3) is 0 Å². The summed E-state index contributed by atoms with van der Waals surface area (Å²) in [5.41, 5.74) is 1.62. The standard InChI is InChI=1S/C24H19ClF3NO4/c1-31-18-6-4-16(5-7-18)14-32-20-10-17-13-29(23(30)22(17)21(25)11-20)12-15-2-8-19(9-3-15)33-24(26,27)28/h2-11,13,30H,12,14H2,1H3. The molecular formula is C24H19ClF3NO4. The summed E-state index contributed by atoms with van der Waals surface area (Å²) in [6.07, 6.45) is -3.04. The lowest BCUT2D eigenvalue weighted by Gasteiger charge is -2.10. The van der Waals surface area contributed by atoms with Crippen LogP contribution in [0.25, 0.3) is 10.8 Å². The van der Waals surface area contributed by atoms with E-state index in [9.17, 15) is 18.3 Å². The Morgan fingerprint density at radius 1 is 0.909 bits per heavy atom. The maximum Gasteiger partial charge on any atom is 0.573 e. The van der Waals surface area contributed by atoms with Gasteiger partial charge in [-0.3, -0.25) is 0 Å². The average Bonchev–Trinajstić information content (AvgIpc) is 3.08. The molecule has 172 valence electrons. The summed E-state index contributed by atoms with van der Waals surface area (Å²) in [6.45, 7) is 0.552. The van der Waals surface area contributed by atoms with Gasteiger partial charge in [-0.15, -0.1) is 13.2 Å². The fourth-order valence-corrected chi connectivity index (χ4v) is 3.70. The van der Waals surface area contributed by atoms with Crippen molar-refractivity contribution >= 4 is 22.4 Å². The highest BCUT2D eigenvalue weighted by Gasteiger charge is 2.31. The zero-order chi connectivity index (χ0) is 23.6. The molecule has 0 spiro atoms. The van der Waals surface area contributed by atoms with Gasteiger partial charge in [-0.05, 0) is 47.5 Å². The van der Waals surface area contributed by atoms with Crippen LogP contribution in [0.4, 0.5) is 13.2 Å². The van der Waals surface area contributed by atoms with Crippen molar-refractivity contribution in [2.24, 2.45) is 0 Å². The van der Waals surface area contributed by atoms with E-state index in [0.717, 1.165) is 11.3 Å². The van der Waals surface area contributed by atoms with E-state index in [0.29, 0.717) is 33.7 Å². The van der Waals surface area contributed by atoms with E-state index in [2.05, 4.69) is 4.74 Å². The first-order valence-corrected chi connectivity index (χ1v) is 10.2. The molecule has 0 aliphatic carbocycles. The number of aromatic nitrogens is 1. The molecule has 0 aliphatic rings. The van der Waals surface area contributed by atoms with E-state index in [1.165, 1.54) is 24.3 Å². The molecule has 0 bridgehead atoms. The fourth-order valence-electron chi connectivity index (χ4n) is 3.40. The molecule has 33 heavy (non-hydrogen) atoms. The van der Waals surface area contributed by atoms with Crippen LogP contribution >= 0.6 is 11.6 Å². The van der Waals surface area contributed by atoms with E-state index < -0.39 is 6.36 Å². The molecule has 0 radical (unpaired) electrons. The monoisotopic (exact) mass is 477 g/mol. The van der Waals surface area contributed by atoms with Gasteiger partial charge in [0, 0.05) is 11.6 Å². The molecule has 5 nitrogen and oxygen atoms in total. The first-order valence-electron chi connectivity index (χ1n) is 9.83. The summed E-state index contributed by atoms with van der Waals surface area (Å²) in [6, 6.07) is 16.3. The summed E-state index contributed by atoms with van der Waals surface area (Å²) in [5.74, 6) is 0.929. The highest BCUT2D eigenvalue weighted by molar-refractivity contribution is 6.36. The topological polar surface area (TPSA) is 52.8 Å². The molecule has 0 unspecified atom stereocenters. The molecule has 4 rings (SSSR count). The van der Waals surface area contributed by atoms with Gasteiger partial charge in [0.2, 0.25) is 5.88 Å². The zero-order valence-corrected chi connectivity index (χ0v) is 18.2. The number of alkyl halides is 3. The molecule has 3 aromatic carbocycles. The third-order valence-corrected chi connectivity index (χ3v) is 5.26. The SMILES string of the molecule is COc1ccc(COc2cc(Cl)c3c(O)n(Cc4ccc(OC(F)(F)F)cc4)cc3c2)cc1. The molecule has 0 atom stereocenters. The largest absolute Gasteiger partial charge is 0.573 e. The Labute approximate surface area is 192 Å². The molecule has 4 aromatic rings. The Bertz CT molecular complexity index is 1250. The Hall–Kier alpha value is -3.52. The van der Waals surface area contributed by atoms with Crippen LogP contribution in [0.2, 0.25) is 5.02 Å². The van der Waals surface area contributed by atoms with Gasteiger partial charge in [0.1, 0.15) is 23.9 Å². The molecule has 1 aromatic heterocycles. The number of hydrogen-bond donors (Lipinski definition) is 1. The second-order valence-corrected chi connectivity index (χ2v) is 7.69. The smallest absolute Gasteiger partial charge is 0.497 e. The molecule has 0 amide bonds. The Balaban J connectivity index is 1.51. The molecule has 0 fully saturated rings. The van der Waals surface area contributed by atoms with Crippen molar-refractivity contribution in [3.05, 3.63) is 83.0 Å². The molecule has 0 saturated heterocycles. The van der Waals surface area contributed by atoms with Crippen LogP contribution in [-0.2, 0) is 13.2 Å². The first-order chi connectivity index (χ1) is 15.7. The minimum Gasteiger partial charge on any atom is -0.497 e. The Morgan fingerprint density at radius 3 is 2.18 bits per heavy atom. The molecule has 0 aliphatic heterocycles. The van der Waals surface area contributed by atoms with E-state index in [1.807, 2.05) is 24.3 Å². The van der Waals surface area contributed by atoms with Crippen LogP contribution in [0.3, 0.4) is 0 Å². The van der Waals surface area contributed by atoms with Gasteiger partial charge >= 0.3 is 6.36 Å². The van der Waals surface area contributed by atoms with Crippen LogP contribution in [0.15, 0.2) is 66.9 Å². The van der Waals surface area contributed by atoms with Gasteiger partial charge in [0.05, 0.1) is 24.1 Å². The lowest BCUT2D eigenvalue weighted by atomic mass is 10.2. The number of aromatic hydroxyl groups is 1. The second kappa shape index (κ2) is 9.15. The van der Waals surface area contributed by atoms with Gasteiger partial charge < -0.3 is 23.9 Å². The van der Waals surface area contributed by atoms with Crippen LogP contribution in [0.1, 0.15) is 11.1 Å². The number of ether oxygens (including phenoxy) is 3. The van der Waals surface area contributed by atoms with Crippen molar-refractivity contribution < 1.29 is 32.5 Å². The predicted molar refractivity (Wildman–Crippen MR) is 118 cm³/mol. The number of rotatable bonds is 7. The van der Waals surface area contributed by atoms with Crippen LogP contribution in [-0.4, -0.2) is 23.1 Å². The zero-order valence-electron chi connectivity index (χ0n) is 17.4. The van der Waals surface area contributed by atoms with E-state index >= 15 is 0 Å². The summed E-state index contributed by atoms with van der Waals surface area (Å²) in [7, 11) is 1.60. The highest BCUT2D eigenvalue weighted by Crippen LogP contribution is 2.37. The maximum absolute atomic E-state index is 12.3. The minimum absolute atomic E-state index is 0.0488. The van der Waals surface area contributed by atoms with Gasteiger partial charge in [0.15, 0.2) is 0 Å². The number of benzene rings is 3. The van der Waals surface area contributed by atoms with Crippen LogP contribution < -0.4 is 14.2 Å². The Kier molecular flexibility index (Phi) is 6.29. The van der Waals surface area contributed by atoms with Crippen molar-refractivity contribution in [3.8, 4) is 23.1 Å². The average molecular weight is 478 g/mol. The number of hydrogen-bond acceptors (Lipinski definition) is 4.